The molecule has 3 rings (SSSR count). The summed E-state index contributed by atoms with van der Waals surface area (Å²) in [5.74, 6) is 1.88. The highest BCUT2D eigenvalue weighted by Gasteiger charge is 2.69. The van der Waals surface area contributed by atoms with Crippen molar-refractivity contribution in [2.45, 2.75) is 31.3 Å². The normalized spacial score (nSPS) is 54.1. The second-order valence-electron chi connectivity index (χ2n) is 5.19. The summed E-state index contributed by atoms with van der Waals surface area (Å²) in [5, 5.41) is 20.8. The van der Waals surface area contributed by atoms with Gasteiger partial charge in [0.05, 0.1) is 0 Å². The summed E-state index contributed by atoms with van der Waals surface area (Å²) in [4.78, 5) is 10.2. The Morgan fingerprint density at radius 2 is 1.86 bits per heavy atom. The van der Waals surface area contributed by atoms with Crippen molar-refractivity contribution in [3.05, 3.63) is 10.1 Å². The lowest BCUT2D eigenvalue weighted by Gasteiger charge is -2.52. The van der Waals surface area contributed by atoms with Crippen LogP contribution in [0.15, 0.2) is 0 Å². The standard InChI is InChI=1S/C10H15NO3/c12-10(5-11(13)14)7-3-1-6-2-4-8(10)9(6)7/h6-9,12H,1-5H2/t6?,7-,8+,9?,10?. The number of hydrogen-bond donors (Lipinski definition) is 1. The molecule has 0 radical (unpaired) electrons. The van der Waals surface area contributed by atoms with Gasteiger partial charge in [-0.05, 0) is 49.4 Å². The maximum absolute atomic E-state index is 10.5. The van der Waals surface area contributed by atoms with E-state index in [4.69, 9.17) is 0 Å². The van der Waals surface area contributed by atoms with Gasteiger partial charge in [0.25, 0.3) is 0 Å². The van der Waals surface area contributed by atoms with Crippen LogP contribution in [-0.4, -0.2) is 22.2 Å². The number of rotatable bonds is 2. The Morgan fingerprint density at radius 3 is 2.36 bits per heavy atom. The van der Waals surface area contributed by atoms with Crippen molar-refractivity contribution in [1.29, 1.82) is 0 Å². The van der Waals surface area contributed by atoms with Gasteiger partial charge in [-0.25, -0.2) is 0 Å². The van der Waals surface area contributed by atoms with Crippen molar-refractivity contribution in [2.75, 3.05) is 6.54 Å². The van der Waals surface area contributed by atoms with Crippen molar-refractivity contribution < 1.29 is 10.0 Å². The molecule has 4 heteroatoms. The summed E-state index contributed by atoms with van der Waals surface area (Å²) in [6.07, 6.45) is 4.39. The molecule has 0 amide bonds. The van der Waals surface area contributed by atoms with Crippen molar-refractivity contribution >= 4 is 0 Å². The van der Waals surface area contributed by atoms with E-state index in [9.17, 15) is 15.2 Å². The SMILES string of the molecule is O=[N+]([O-])CC1(O)[C@@H]2CCC3CC[C@H]1C32. The number of hydrogen-bond acceptors (Lipinski definition) is 3. The summed E-state index contributed by atoms with van der Waals surface area (Å²) in [5.41, 5.74) is -0.945. The van der Waals surface area contributed by atoms with E-state index in [1.54, 1.807) is 0 Å². The molecular weight excluding hydrogens is 182 g/mol. The summed E-state index contributed by atoms with van der Waals surface area (Å²) in [6.45, 7) is -0.231. The second kappa shape index (κ2) is 2.48. The molecule has 3 unspecified atom stereocenters. The van der Waals surface area contributed by atoms with Crippen LogP contribution in [0.1, 0.15) is 25.7 Å². The van der Waals surface area contributed by atoms with Gasteiger partial charge >= 0.3 is 0 Å². The van der Waals surface area contributed by atoms with E-state index in [0.29, 0.717) is 5.92 Å². The van der Waals surface area contributed by atoms with Gasteiger partial charge in [-0.3, -0.25) is 10.1 Å². The van der Waals surface area contributed by atoms with Gasteiger partial charge < -0.3 is 5.11 Å². The van der Waals surface area contributed by atoms with E-state index < -0.39 is 5.60 Å². The Balaban J connectivity index is 1.85. The van der Waals surface area contributed by atoms with E-state index >= 15 is 0 Å². The molecule has 4 nitrogen and oxygen atoms in total. The number of nitrogens with zero attached hydrogens (tertiary/aromatic N) is 1. The summed E-state index contributed by atoms with van der Waals surface area (Å²) >= 11 is 0. The zero-order valence-corrected chi connectivity index (χ0v) is 8.06. The summed E-state index contributed by atoms with van der Waals surface area (Å²) in [7, 11) is 0. The Bertz CT molecular complexity index is 275. The van der Waals surface area contributed by atoms with Crippen LogP contribution in [0.2, 0.25) is 0 Å². The van der Waals surface area contributed by atoms with Gasteiger partial charge in [-0.15, -0.1) is 0 Å². The molecule has 0 aromatic heterocycles. The minimum absolute atomic E-state index is 0.231. The molecule has 0 aromatic carbocycles. The Labute approximate surface area is 82.5 Å². The highest BCUT2D eigenvalue weighted by Crippen LogP contribution is 2.66. The highest BCUT2D eigenvalue weighted by molar-refractivity contribution is 5.16. The minimum Gasteiger partial charge on any atom is -0.382 e. The molecular formula is C10H15NO3. The molecule has 3 aliphatic rings. The van der Waals surface area contributed by atoms with E-state index in [-0.39, 0.29) is 23.3 Å². The molecule has 0 spiro atoms. The molecule has 3 saturated carbocycles. The smallest absolute Gasteiger partial charge is 0.232 e. The number of aliphatic hydroxyl groups is 1. The minimum atomic E-state index is -0.945. The van der Waals surface area contributed by atoms with Gasteiger partial charge in [0.2, 0.25) is 6.54 Å². The van der Waals surface area contributed by atoms with E-state index in [2.05, 4.69) is 0 Å². The second-order valence-corrected chi connectivity index (χ2v) is 5.19. The third-order valence-electron chi connectivity index (χ3n) is 4.84. The fraction of sp³-hybridized carbons (Fsp3) is 1.00. The monoisotopic (exact) mass is 197 g/mol. The predicted octanol–water partition coefficient (Wildman–Crippen LogP) is 1.06. The van der Waals surface area contributed by atoms with Crippen LogP contribution in [0.25, 0.3) is 0 Å². The quantitative estimate of drug-likeness (QED) is 0.531. The Kier molecular flexibility index (Phi) is 1.53. The van der Waals surface area contributed by atoms with Crippen molar-refractivity contribution in [3.8, 4) is 0 Å². The van der Waals surface area contributed by atoms with Gasteiger partial charge in [0.15, 0.2) is 0 Å². The van der Waals surface area contributed by atoms with Gasteiger partial charge in [0.1, 0.15) is 5.60 Å². The lowest BCUT2D eigenvalue weighted by molar-refractivity contribution is -0.515. The summed E-state index contributed by atoms with van der Waals surface area (Å²) in [6, 6.07) is 0. The average Bonchev–Trinajstić information content (AvgIpc) is 2.54. The first-order valence-electron chi connectivity index (χ1n) is 5.47. The maximum atomic E-state index is 10.5. The number of nitro groups is 1. The van der Waals surface area contributed by atoms with Crippen LogP contribution in [0.4, 0.5) is 0 Å². The molecule has 5 atom stereocenters. The summed E-state index contributed by atoms with van der Waals surface area (Å²) < 4.78 is 0. The molecule has 14 heavy (non-hydrogen) atoms. The van der Waals surface area contributed by atoms with E-state index in [0.717, 1.165) is 18.8 Å². The third kappa shape index (κ3) is 0.829. The molecule has 0 heterocycles. The van der Waals surface area contributed by atoms with Crippen LogP contribution < -0.4 is 0 Å². The van der Waals surface area contributed by atoms with Crippen LogP contribution in [0.5, 0.6) is 0 Å². The van der Waals surface area contributed by atoms with Crippen LogP contribution >= 0.6 is 0 Å². The molecule has 0 saturated heterocycles. The van der Waals surface area contributed by atoms with Gasteiger partial charge in [-0.2, -0.15) is 0 Å². The van der Waals surface area contributed by atoms with Crippen molar-refractivity contribution in [2.24, 2.45) is 23.7 Å². The first-order valence-corrected chi connectivity index (χ1v) is 5.47. The van der Waals surface area contributed by atoms with E-state index in [1.165, 1.54) is 12.8 Å². The first-order chi connectivity index (χ1) is 6.63. The fourth-order valence-corrected chi connectivity index (χ4v) is 4.40. The third-order valence-corrected chi connectivity index (χ3v) is 4.84. The Hall–Kier alpha value is -0.640. The highest BCUT2D eigenvalue weighted by atomic mass is 16.6. The van der Waals surface area contributed by atoms with Gasteiger partial charge in [-0.1, -0.05) is 0 Å². The van der Waals surface area contributed by atoms with Gasteiger partial charge in [0, 0.05) is 4.92 Å². The van der Waals surface area contributed by atoms with Crippen molar-refractivity contribution in [1.82, 2.24) is 0 Å². The Morgan fingerprint density at radius 1 is 1.29 bits per heavy atom. The lowest BCUT2D eigenvalue weighted by atomic mass is 9.55. The zero-order valence-electron chi connectivity index (χ0n) is 8.06. The molecule has 0 aliphatic heterocycles. The lowest BCUT2D eigenvalue weighted by Crippen LogP contribution is -2.63. The van der Waals surface area contributed by atoms with Crippen LogP contribution in [0.3, 0.4) is 0 Å². The molecule has 78 valence electrons. The maximum Gasteiger partial charge on any atom is 0.232 e. The average molecular weight is 197 g/mol. The zero-order chi connectivity index (χ0) is 9.92. The topological polar surface area (TPSA) is 63.4 Å². The van der Waals surface area contributed by atoms with Crippen LogP contribution in [-0.2, 0) is 0 Å². The van der Waals surface area contributed by atoms with Crippen molar-refractivity contribution in [3.63, 3.8) is 0 Å². The first kappa shape index (κ1) is 8.65. The van der Waals surface area contributed by atoms with Crippen LogP contribution in [0, 0.1) is 33.8 Å². The van der Waals surface area contributed by atoms with E-state index in [1.807, 2.05) is 0 Å². The molecule has 3 aliphatic carbocycles. The fourth-order valence-electron chi connectivity index (χ4n) is 4.40. The predicted molar refractivity (Wildman–Crippen MR) is 49.2 cm³/mol. The largest absolute Gasteiger partial charge is 0.382 e. The molecule has 3 fully saturated rings. The molecule has 1 N–H and O–H groups in total. The molecule has 0 bridgehead atoms. The molecule has 0 aromatic rings.